The quantitative estimate of drug-likeness (QED) is 0.339. The van der Waals surface area contributed by atoms with Gasteiger partial charge >= 0.3 is 17.1 Å². The van der Waals surface area contributed by atoms with Crippen LogP contribution in [0.3, 0.4) is 0 Å². The molecule has 0 bridgehead atoms. The minimum Gasteiger partial charge on any atom is -0.414 e. The molecule has 35 heavy (non-hydrogen) atoms. The third-order valence-corrected chi connectivity index (χ3v) is 19.9. The van der Waals surface area contributed by atoms with E-state index < -0.39 is 17.1 Å². The lowest BCUT2D eigenvalue weighted by Gasteiger charge is -2.51. The maximum atomic E-state index is 7.35. The Morgan fingerprint density at radius 3 is 2.20 bits per heavy atom. The molecular formula is C23H40ClN5O3SSi2. The summed E-state index contributed by atoms with van der Waals surface area (Å²) in [5, 5.41) is 0.513. The van der Waals surface area contributed by atoms with Gasteiger partial charge in [-0.15, -0.1) is 11.8 Å². The molecule has 8 nitrogen and oxygen atoms in total. The number of rotatable bonds is 5. The van der Waals surface area contributed by atoms with E-state index >= 15 is 0 Å². The zero-order chi connectivity index (χ0) is 25.9. The Labute approximate surface area is 220 Å². The van der Waals surface area contributed by atoms with Gasteiger partial charge in [0.15, 0.2) is 10.8 Å². The highest BCUT2D eigenvalue weighted by Crippen LogP contribution is 2.54. The number of aromatic nitrogens is 4. The third-order valence-electron chi connectivity index (χ3n) is 7.65. The minimum atomic E-state index is -2.66. The number of nitrogens with zero attached hydrogens (tertiary/aromatic N) is 4. The normalized spacial score (nSPS) is 28.7. The van der Waals surface area contributed by atoms with Gasteiger partial charge < -0.3 is 23.3 Å². The minimum absolute atomic E-state index is 0.0000951. The zero-order valence-corrected chi connectivity index (χ0v) is 25.9. The molecule has 2 fully saturated rings. The number of fused-ring (bicyclic) bond motifs is 2. The first kappa shape index (κ1) is 27.3. The van der Waals surface area contributed by atoms with Gasteiger partial charge in [0.05, 0.1) is 29.7 Å². The van der Waals surface area contributed by atoms with Crippen LogP contribution in [0.4, 0.5) is 5.95 Å². The molecule has 2 aliphatic heterocycles. The van der Waals surface area contributed by atoms with E-state index in [9.17, 15) is 0 Å². The summed E-state index contributed by atoms with van der Waals surface area (Å²) in [6.07, 6.45) is 1.80. The van der Waals surface area contributed by atoms with Crippen LogP contribution in [0.25, 0.3) is 11.2 Å². The van der Waals surface area contributed by atoms with Gasteiger partial charge in [-0.1, -0.05) is 73.9 Å². The summed E-state index contributed by atoms with van der Waals surface area (Å²) in [6.45, 7) is 20.9. The molecule has 0 aromatic carbocycles. The molecule has 0 radical (unpaired) electrons. The molecule has 2 aromatic rings. The number of thioether (sulfide) groups is 1. The molecule has 12 heteroatoms. The summed E-state index contributed by atoms with van der Waals surface area (Å²) in [4.78, 5) is 13.0. The fourth-order valence-corrected chi connectivity index (χ4v) is 19.1. The summed E-state index contributed by atoms with van der Waals surface area (Å²) in [5.74, 6) is 0.329. The molecule has 2 aromatic heterocycles. The van der Waals surface area contributed by atoms with Crippen LogP contribution in [0.1, 0.15) is 67.7 Å². The van der Waals surface area contributed by atoms with E-state index in [1.165, 1.54) is 0 Å². The van der Waals surface area contributed by atoms with E-state index in [1.54, 1.807) is 6.33 Å². The maximum absolute atomic E-state index is 7.35. The van der Waals surface area contributed by atoms with Crippen molar-refractivity contribution >= 4 is 57.6 Å². The highest BCUT2D eigenvalue weighted by Gasteiger charge is 2.61. The predicted octanol–water partition coefficient (Wildman–Crippen LogP) is 6.27. The fourth-order valence-electron chi connectivity index (χ4n) is 5.74. The Balaban J connectivity index is 1.78. The largest absolute Gasteiger partial charge is 0.414 e. The molecule has 0 spiro atoms. The lowest BCUT2D eigenvalue weighted by molar-refractivity contribution is 0.0472. The second-order valence-corrected chi connectivity index (χ2v) is 21.7. The highest BCUT2D eigenvalue weighted by atomic mass is 35.5. The second-order valence-electron chi connectivity index (χ2n) is 11.2. The number of nitrogens with two attached hydrogens (primary N) is 1. The van der Waals surface area contributed by atoms with E-state index in [4.69, 9.17) is 30.3 Å². The maximum Gasteiger partial charge on any atom is 0.334 e. The van der Waals surface area contributed by atoms with Gasteiger partial charge in [-0.3, -0.25) is 0 Å². The number of nitrogen functional groups attached to an aromatic ring is 1. The van der Waals surface area contributed by atoms with Gasteiger partial charge in [0.2, 0.25) is 5.95 Å². The summed E-state index contributed by atoms with van der Waals surface area (Å²) < 4.78 is 23.7. The number of hydrogen-bond donors (Lipinski definition) is 1. The van der Waals surface area contributed by atoms with Crippen molar-refractivity contribution < 1.29 is 13.0 Å². The molecule has 4 rings (SSSR count). The number of imidazole rings is 1. The summed E-state index contributed by atoms with van der Waals surface area (Å²) in [6, 6.07) is 0. The van der Waals surface area contributed by atoms with E-state index in [1.807, 2.05) is 11.8 Å². The third kappa shape index (κ3) is 4.48. The number of hydrogen-bond acceptors (Lipinski definition) is 8. The van der Waals surface area contributed by atoms with Crippen molar-refractivity contribution in [1.82, 2.24) is 19.5 Å². The van der Waals surface area contributed by atoms with Crippen molar-refractivity contribution in [2.75, 3.05) is 12.3 Å². The van der Waals surface area contributed by atoms with E-state index in [-0.39, 0.29) is 33.7 Å². The molecule has 2 N–H and O–H groups in total. The SMILES string of the molecule is CC(C)[Si]1(C(C)C)OC[C@H]2S[C@@H](n3cnc4c(Cl)nc(N)nc43)[C@H](C)[C@@H]2O[Si](C(C)C)(C(C)C)O1. The molecule has 4 heterocycles. The van der Waals surface area contributed by atoms with E-state index in [2.05, 4.69) is 81.8 Å². The first-order chi connectivity index (χ1) is 16.3. The fraction of sp³-hybridized carbons (Fsp3) is 0.783. The van der Waals surface area contributed by atoms with E-state index in [0.717, 1.165) is 0 Å². The Kier molecular flexibility index (Phi) is 7.72. The van der Waals surface area contributed by atoms with E-state index in [0.29, 0.717) is 39.9 Å². The van der Waals surface area contributed by atoms with Gasteiger partial charge in [0, 0.05) is 5.92 Å². The smallest absolute Gasteiger partial charge is 0.334 e. The number of halogens is 1. The van der Waals surface area contributed by atoms with Crippen LogP contribution in [0, 0.1) is 5.92 Å². The Morgan fingerprint density at radius 1 is 1.03 bits per heavy atom. The lowest BCUT2D eigenvalue weighted by Crippen LogP contribution is -2.65. The van der Waals surface area contributed by atoms with Crippen LogP contribution in [-0.2, 0) is 13.0 Å². The van der Waals surface area contributed by atoms with Gasteiger partial charge in [-0.05, 0) is 22.2 Å². The average molecular weight is 558 g/mol. The Hall–Kier alpha value is -0.696. The van der Waals surface area contributed by atoms with Gasteiger partial charge in [0.25, 0.3) is 0 Å². The van der Waals surface area contributed by atoms with Crippen molar-refractivity contribution in [3.63, 3.8) is 0 Å². The molecule has 0 unspecified atom stereocenters. The molecule has 0 saturated carbocycles. The van der Waals surface area contributed by atoms with Crippen LogP contribution >= 0.6 is 23.4 Å². The molecular weight excluding hydrogens is 518 g/mol. The summed E-state index contributed by atoms with van der Waals surface area (Å²) >= 11 is 8.19. The van der Waals surface area contributed by atoms with Crippen LogP contribution in [0.5, 0.6) is 0 Å². The summed E-state index contributed by atoms with van der Waals surface area (Å²) in [5.41, 5.74) is 8.39. The first-order valence-corrected chi connectivity index (χ1v) is 17.9. The molecule has 2 aliphatic rings. The van der Waals surface area contributed by atoms with Crippen molar-refractivity contribution in [1.29, 1.82) is 0 Å². The van der Waals surface area contributed by atoms with Crippen LogP contribution < -0.4 is 5.73 Å². The number of anilines is 1. The Morgan fingerprint density at radius 2 is 1.63 bits per heavy atom. The molecule has 2 saturated heterocycles. The highest BCUT2D eigenvalue weighted by molar-refractivity contribution is 8.00. The first-order valence-electron chi connectivity index (χ1n) is 12.7. The zero-order valence-electron chi connectivity index (χ0n) is 22.3. The van der Waals surface area contributed by atoms with Crippen molar-refractivity contribution in [2.24, 2.45) is 5.92 Å². The second kappa shape index (κ2) is 9.88. The standard InChI is InChI=1S/C23H40ClN5O3SSi2/c1-12(2)34(13(3)4)30-10-17-19(31-35(32-34,14(5)6)15(7)8)16(9)22(33-17)29-11-26-18-20(24)27-23(25)28-21(18)29/h11-17,19,22H,10H2,1-9H3,(H2,25,27,28)/t16-,17-,19+,22-/m1/s1. The van der Waals surface area contributed by atoms with Gasteiger partial charge in [0.1, 0.15) is 5.52 Å². The van der Waals surface area contributed by atoms with Crippen molar-refractivity contribution in [3.05, 3.63) is 11.5 Å². The monoisotopic (exact) mass is 557 g/mol. The molecule has 4 atom stereocenters. The lowest BCUT2D eigenvalue weighted by atomic mass is 10.0. The predicted molar refractivity (Wildman–Crippen MR) is 148 cm³/mol. The van der Waals surface area contributed by atoms with Gasteiger partial charge in [-0.25, -0.2) is 4.98 Å². The van der Waals surface area contributed by atoms with Crippen LogP contribution in [0.15, 0.2) is 6.33 Å². The van der Waals surface area contributed by atoms with Gasteiger partial charge in [-0.2, -0.15) is 9.97 Å². The summed E-state index contributed by atoms with van der Waals surface area (Å²) in [7, 11) is -5.22. The average Bonchev–Trinajstić information content (AvgIpc) is 3.28. The van der Waals surface area contributed by atoms with Crippen molar-refractivity contribution in [3.8, 4) is 0 Å². The van der Waals surface area contributed by atoms with Crippen LogP contribution in [0.2, 0.25) is 27.3 Å². The van der Waals surface area contributed by atoms with Crippen molar-refractivity contribution in [2.45, 2.75) is 101 Å². The Bertz CT molecular complexity index is 1050. The molecule has 0 aliphatic carbocycles. The molecule has 0 amide bonds. The topological polar surface area (TPSA) is 97.3 Å². The van der Waals surface area contributed by atoms with Crippen LogP contribution in [-0.4, -0.2) is 54.6 Å². The molecule has 196 valence electrons.